The van der Waals surface area contributed by atoms with E-state index in [0.29, 0.717) is 13.0 Å². The van der Waals surface area contributed by atoms with Crippen LogP contribution in [0.4, 0.5) is 4.79 Å². The molecule has 1 heterocycles. The van der Waals surface area contributed by atoms with Crippen LogP contribution in [0.25, 0.3) is 0 Å². The van der Waals surface area contributed by atoms with Gasteiger partial charge >= 0.3 is 12.1 Å². The Bertz CT molecular complexity index is 1460. The molecule has 1 saturated carbocycles. The molecule has 0 bridgehead atoms. The van der Waals surface area contributed by atoms with E-state index >= 15 is 0 Å². The molecule has 0 aromatic heterocycles. The third kappa shape index (κ3) is 9.94. The number of nitrogens with zero attached hydrogens (tertiary/aromatic N) is 1. The van der Waals surface area contributed by atoms with Crippen molar-refractivity contribution in [3.8, 4) is 0 Å². The quantitative estimate of drug-likeness (QED) is 0.147. The number of rotatable bonds is 14. The number of ketones is 1. The first-order valence-electron chi connectivity index (χ1n) is 17.3. The van der Waals surface area contributed by atoms with Gasteiger partial charge in [0.05, 0.1) is 12.5 Å². The Morgan fingerprint density at radius 1 is 0.960 bits per heavy atom. The summed E-state index contributed by atoms with van der Waals surface area (Å²) in [6.45, 7) is 22.1. The molecule has 5 atom stereocenters. The second kappa shape index (κ2) is 15.3. The molecule has 1 saturated heterocycles. The fourth-order valence-corrected chi connectivity index (χ4v) is 6.62. The predicted molar refractivity (Wildman–Crippen MR) is 188 cm³/mol. The summed E-state index contributed by atoms with van der Waals surface area (Å²) in [4.78, 5) is 81.3. The summed E-state index contributed by atoms with van der Waals surface area (Å²) in [5.41, 5.74) is -1.80. The number of Topliss-reactive ketones (excluding diaryl/α,β-unsaturated/α-hetero) is 1. The zero-order valence-corrected chi connectivity index (χ0v) is 31.3. The molecular formula is C38H56N4O8. The highest BCUT2D eigenvalue weighted by Crippen LogP contribution is 2.65. The van der Waals surface area contributed by atoms with Gasteiger partial charge in [-0.15, -0.1) is 6.58 Å². The van der Waals surface area contributed by atoms with Crippen molar-refractivity contribution in [2.75, 3.05) is 13.1 Å². The van der Waals surface area contributed by atoms with Crippen molar-refractivity contribution in [3.05, 3.63) is 48.6 Å². The van der Waals surface area contributed by atoms with Crippen molar-refractivity contribution in [2.45, 2.75) is 118 Å². The van der Waals surface area contributed by atoms with Crippen LogP contribution in [-0.4, -0.2) is 77.3 Å². The Morgan fingerprint density at radius 3 is 2.14 bits per heavy atom. The number of amides is 4. The summed E-state index contributed by atoms with van der Waals surface area (Å²) in [6, 6.07) is 6.13. The molecule has 12 heteroatoms. The van der Waals surface area contributed by atoms with E-state index in [1.165, 1.54) is 4.90 Å². The highest BCUT2D eigenvalue weighted by molar-refractivity contribution is 6.38. The topological polar surface area (TPSA) is 160 Å². The molecule has 1 aliphatic carbocycles. The van der Waals surface area contributed by atoms with Crippen LogP contribution in [0, 0.1) is 22.7 Å². The Balaban J connectivity index is 1.71. The number of alkyl carbamates (subject to hydrolysis) is 1. The van der Waals surface area contributed by atoms with E-state index in [2.05, 4.69) is 22.5 Å². The van der Waals surface area contributed by atoms with Crippen LogP contribution in [0.1, 0.15) is 94.1 Å². The zero-order valence-electron chi connectivity index (χ0n) is 31.3. The van der Waals surface area contributed by atoms with Crippen LogP contribution < -0.4 is 16.0 Å². The van der Waals surface area contributed by atoms with Crippen LogP contribution >= 0.6 is 0 Å². The highest BCUT2D eigenvalue weighted by atomic mass is 16.6. The van der Waals surface area contributed by atoms with Gasteiger partial charge in [0.25, 0.3) is 5.91 Å². The minimum Gasteiger partial charge on any atom is -0.455 e. The number of ether oxygens (including phenoxy) is 2. The minimum atomic E-state index is -1.19. The summed E-state index contributed by atoms with van der Waals surface area (Å²) in [5, 5.41) is 7.95. The van der Waals surface area contributed by atoms with E-state index in [9.17, 15) is 28.8 Å². The Labute approximate surface area is 296 Å². The molecule has 3 rings (SSSR count). The largest absolute Gasteiger partial charge is 0.455 e. The fourth-order valence-electron chi connectivity index (χ4n) is 6.62. The number of carbonyl (C=O) groups is 6. The zero-order chi connectivity index (χ0) is 37.8. The first-order valence-corrected chi connectivity index (χ1v) is 17.3. The number of esters is 1. The lowest BCUT2D eigenvalue weighted by atomic mass is 9.85. The van der Waals surface area contributed by atoms with E-state index in [4.69, 9.17) is 9.47 Å². The van der Waals surface area contributed by atoms with Crippen LogP contribution in [0.5, 0.6) is 0 Å². The third-order valence-corrected chi connectivity index (χ3v) is 9.50. The van der Waals surface area contributed by atoms with Crippen molar-refractivity contribution in [1.82, 2.24) is 20.9 Å². The maximum atomic E-state index is 14.1. The van der Waals surface area contributed by atoms with Gasteiger partial charge in [0.2, 0.25) is 17.6 Å². The summed E-state index contributed by atoms with van der Waals surface area (Å²) in [7, 11) is 0. The summed E-state index contributed by atoms with van der Waals surface area (Å²) < 4.78 is 11.0. The van der Waals surface area contributed by atoms with Gasteiger partial charge in [-0.05, 0) is 75.7 Å². The van der Waals surface area contributed by atoms with E-state index in [1.54, 1.807) is 40.7 Å². The molecule has 50 heavy (non-hydrogen) atoms. The first kappa shape index (κ1) is 40.2. The number of allylic oxidation sites excluding steroid dienone is 1. The molecule has 0 spiro atoms. The molecule has 1 aromatic rings. The van der Waals surface area contributed by atoms with Gasteiger partial charge in [0, 0.05) is 13.1 Å². The van der Waals surface area contributed by atoms with Gasteiger partial charge in [-0.1, -0.05) is 71.0 Å². The van der Waals surface area contributed by atoms with Crippen molar-refractivity contribution in [3.63, 3.8) is 0 Å². The second-order valence-corrected chi connectivity index (χ2v) is 16.5. The maximum Gasteiger partial charge on any atom is 0.408 e. The fraction of sp³-hybridized carbons (Fsp3) is 0.632. The van der Waals surface area contributed by atoms with Gasteiger partial charge in [0.15, 0.2) is 0 Å². The molecule has 12 nitrogen and oxygen atoms in total. The van der Waals surface area contributed by atoms with E-state index < -0.39 is 70.3 Å². The number of benzene rings is 1. The Kier molecular flexibility index (Phi) is 12.3. The normalized spacial score (nSPS) is 20.8. The van der Waals surface area contributed by atoms with E-state index in [-0.39, 0.29) is 36.6 Å². The number of piperidine rings is 1. The lowest BCUT2D eigenvalue weighted by Crippen LogP contribution is -2.60. The average Bonchev–Trinajstić information content (AvgIpc) is 3.31. The molecule has 276 valence electrons. The van der Waals surface area contributed by atoms with Gasteiger partial charge < -0.3 is 30.3 Å². The maximum absolute atomic E-state index is 14.1. The van der Waals surface area contributed by atoms with E-state index in [1.807, 2.05) is 65.0 Å². The van der Waals surface area contributed by atoms with Gasteiger partial charge in [0.1, 0.15) is 23.3 Å². The molecular weight excluding hydrogens is 640 g/mol. The smallest absolute Gasteiger partial charge is 0.408 e. The lowest BCUT2D eigenvalue weighted by Gasteiger charge is -2.38. The first-order chi connectivity index (χ1) is 23.0. The number of nitrogens with one attached hydrogen (secondary N) is 3. The van der Waals surface area contributed by atoms with Crippen molar-refractivity contribution >= 4 is 35.6 Å². The van der Waals surface area contributed by atoms with Crippen molar-refractivity contribution < 1.29 is 38.2 Å². The molecule has 2 fully saturated rings. The molecule has 2 unspecified atom stereocenters. The molecule has 4 amide bonds. The molecule has 1 aromatic carbocycles. The molecule has 0 radical (unpaired) electrons. The summed E-state index contributed by atoms with van der Waals surface area (Å²) >= 11 is 0. The van der Waals surface area contributed by atoms with Crippen LogP contribution in [0.2, 0.25) is 0 Å². The second-order valence-electron chi connectivity index (χ2n) is 16.5. The summed E-state index contributed by atoms with van der Waals surface area (Å²) in [5.74, 6) is -3.49. The lowest BCUT2D eigenvalue weighted by molar-refractivity contribution is -0.157. The number of fused-ring (bicyclic) bond motifs is 1. The van der Waals surface area contributed by atoms with Crippen molar-refractivity contribution in [2.24, 2.45) is 22.7 Å². The molecule has 2 aliphatic rings. The van der Waals surface area contributed by atoms with E-state index in [0.717, 1.165) is 5.56 Å². The van der Waals surface area contributed by atoms with Gasteiger partial charge in [-0.3, -0.25) is 24.0 Å². The number of hydrogen-bond acceptors (Lipinski definition) is 8. The predicted octanol–water partition coefficient (Wildman–Crippen LogP) is 4.41. The average molecular weight is 697 g/mol. The SMILES string of the molecule is C=CCC[C@H](NC(=O)[C@@H]1C2C(CN1C(=O)[C@@H](NC(=O)OC(C)(C)C)C(C)(C)C)C2(C)C)C(=O)C(=O)NCCC(=O)OC(C)(C)c1ccccc1. The van der Waals surface area contributed by atoms with Crippen LogP contribution in [0.3, 0.4) is 0 Å². The number of likely N-dealkylation sites (tertiary alicyclic amines) is 1. The van der Waals surface area contributed by atoms with Crippen LogP contribution in [-0.2, 0) is 39.0 Å². The Hall–Kier alpha value is -4.22. The Morgan fingerprint density at radius 2 is 1.58 bits per heavy atom. The van der Waals surface area contributed by atoms with Crippen LogP contribution in [0.15, 0.2) is 43.0 Å². The van der Waals surface area contributed by atoms with Gasteiger partial charge in [-0.25, -0.2) is 4.79 Å². The number of carbonyl (C=O) groups excluding carboxylic acids is 6. The molecule has 3 N–H and O–H groups in total. The highest BCUT2D eigenvalue weighted by Gasteiger charge is 2.70. The monoisotopic (exact) mass is 696 g/mol. The third-order valence-electron chi connectivity index (χ3n) is 9.50. The minimum absolute atomic E-state index is 0.0431. The standard InChI is InChI=1S/C38H56N4O8/c1-12-13-19-25(29(44)32(46)39-21-20-26(43)49-38(10,11)23-17-15-14-16-18-23)40-31(45)28-27-24(37(27,8)9)22-42(28)33(47)30(35(2,3)4)41-34(48)50-36(5,6)7/h12,14-18,24-25,27-28,30H,1,13,19-22H2,2-11H3,(H,39,46)(H,40,45)(H,41,48)/t24?,25-,27?,28-,30+/m0/s1. The summed E-state index contributed by atoms with van der Waals surface area (Å²) in [6.07, 6.45) is 1.11. The molecule has 1 aliphatic heterocycles. The van der Waals surface area contributed by atoms with Gasteiger partial charge in [-0.2, -0.15) is 0 Å². The number of hydrogen-bond donors (Lipinski definition) is 3. The van der Waals surface area contributed by atoms with Crippen molar-refractivity contribution in [1.29, 1.82) is 0 Å².